The van der Waals surface area contributed by atoms with Crippen molar-refractivity contribution in [1.29, 1.82) is 0 Å². The Hall–Kier alpha value is -5.54. The molecule has 1 aliphatic carbocycles. The van der Waals surface area contributed by atoms with Crippen molar-refractivity contribution in [3.05, 3.63) is 167 Å². The van der Waals surface area contributed by atoms with E-state index in [-0.39, 0.29) is 17.7 Å². The third kappa shape index (κ3) is 4.86. The Morgan fingerprint density at radius 1 is 0.604 bits per heavy atom. The van der Waals surface area contributed by atoms with Crippen molar-refractivity contribution in [2.24, 2.45) is 0 Å². The Bertz CT molecular complexity index is 2770. The number of nitrogens with zero attached hydrogens (tertiary/aromatic N) is 2. The summed E-state index contributed by atoms with van der Waals surface area (Å²) in [5, 5.41) is 3.98. The van der Waals surface area contributed by atoms with Crippen LogP contribution in [0.15, 0.2) is 140 Å². The van der Waals surface area contributed by atoms with E-state index in [4.69, 9.17) is 0 Å². The third-order valence-corrected chi connectivity index (χ3v) is 12.0. The summed E-state index contributed by atoms with van der Waals surface area (Å²) >= 11 is 0. The largest absolute Gasteiger partial charge is 0.379 e. The van der Waals surface area contributed by atoms with E-state index in [1.54, 1.807) is 0 Å². The van der Waals surface area contributed by atoms with Crippen molar-refractivity contribution in [2.45, 2.75) is 64.7 Å². The highest BCUT2D eigenvalue weighted by Gasteiger charge is 2.41. The molecule has 0 bridgehead atoms. The number of para-hydroxylation sites is 1. The van der Waals surface area contributed by atoms with Gasteiger partial charge in [0.15, 0.2) is 0 Å². The molecule has 258 valence electrons. The maximum absolute atomic E-state index is 2.77. The molecule has 8 aromatic rings. The van der Waals surface area contributed by atoms with Gasteiger partial charge in [-0.1, -0.05) is 169 Å². The smallest absolute Gasteiger partial charge is 0.332 e. The van der Waals surface area contributed by atoms with E-state index in [9.17, 15) is 0 Å². The monoisotopic (exact) mass is 684 g/mol. The third-order valence-electron chi connectivity index (χ3n) is 12.0. The molecule has 0 spiro atoms. The zero-order valence-electron chi connectivity index (χ0n) is 31.6. The molecular weight excluding hydrogens is 639 g/mol. The van der Waals surface area contributed by atoms with Crippen LogP contribution < -0.4 is 10.9 Å². The predicted octanol–water partition coefficient (Wildman–Crippen LogP) is 11.3. The van der Waals surface area contributed by atoms with Crippen molar-refractivity contribution >= 4 is 56.6 Å². The maximum atomic E-state index is 2.77. The van der Waals surface area contributed by atoms with Crippen LogP contribution in [-0.2, 0) is 17.3 Å². The normalized spacial score (nSPS) is 15.4. The number of hydrogen-bond acceptors (Lipinski definition) is 0. The fraction of sp³-hybridized carbons (Fsp3) is 0.200. The number of benzene rings is 6. The fourth-order valence-electron chi connectivity index (χ4n) is 9.43. The Labute approximate surface area is 313 Å². The van der Waals surface area contributed by atoms with Crippen LogP contribution in [0.3, 0.4) is 0 Å². The molecular formula is C50H45BN2. The highest BCUT2D eigenvalue weighted by atomic mass is 15.0. The number of allylic oxidation sites excluding steroid dienone is 1. The molecule has 0 radical (unpaired) electrons. The molecule has 1 aliphatic heterocycles. The van der Waals surface area contributed by atoms with Crippen molar-refractivity contribution in [3.63, 3.8) is 0 Å². The highest BCUT2D eigenvalue weighted by Crippen LogP contribution is 2.42. The molecule has 1 atom stereocenters. The number of fused-ring (bicyclic) bond motifs is 8. The second-order valence-corrected chi connectivity index (χ2v) is 17.4. The minimum atomic E-state index is -0.0728. The molecule has 0 saturated heterocycles. The number of hydrogen-bond donors (Lipinski definition) is 0. The summed E-state index contributed by atoms with van der Waals surface area (Å²) in [5.74, 6) is 0.305. The predicted molar refractivity (Wildman–Crippen MR) is 228 cm³/mol. The van der Waals surface area contributed by atoms with Crippen LogP contribution in [-0.4, -0.2) is 15.9 Å². The maximum Gasteiger partial charge on any atom is 0.332 e. The van der Waals surface area contributed by atoms with Crippen molar-refractivity contribution in [3.8, 4) is 16.8 Å². The first kappa shape index (κ1) is 32.1. The van der Waals surface area contributed by atoms with E-state index in [0.717, 1.165) is 6.42 Å². The summed E-state index contributed by atoms with van der Waals surface area (Å²) in [6, 6.07) is 50.4. The van der Waals surface area contributed by atoms with Crippen LogP contribution >= 0.6 is 0 Å². The van der Waals surface area contributed by atoms with Gasteiger partial charge in [-0.05, 0) is 74.2 Å². The lowest BCUT2D eigenvalue weighted by Crippen LogP contribution is -2.56. The topological polar surface area (TPSA) is 9.86 Å². The van der Waals surface area contributed by atoms with Crippen LogP contribution in [0.1, 0.15) is 75.4 Å². The van der Waals surface area contributed by atoms with Crippen molar-refractivity contribution in [1.82, 2.24) is 9.05 Å². The van der Waals surface area contributed by atoms with Crippen LogP contribution in [0, 0.1) is 0 Å². The molecule has 2 aromatic heterocycles. The van der Waals surface area contributed by atoms with Crippen LogP contribution in [0.2, 0.25) is 0 Å². The van der Waals surface area contributed by atoms with Gasteiger partial charge in [-0.15, -0.1) is 0 Å². The van der Waals surface area contributed by atoms with Crippen LogP contribution in [0.5, 0.6) is 0 Å². The van der Waals surface area contributed by atoms with E-state index in [0.29, 0.717) is 5.92 Å². The molecule has 0 amide bonds. The van der Waals surface area contributed by atoms with Gasteiger partial charge in [0.1, 0.15) is 0 Å². The van der Waals surface area contributed by atoms with Gasteiger partial charge in [0.25, 0.3) is 0 Å². The summed E-state index contributed by atoms with van der Waals surface area (Å²) in [7, 11) is 0. The lowest BCUT2D eigenvalue weighted by molar-refractivity contribution is 0.591. The van der Waals surface area contributed by atoms with E-state index in [2.05, 4.69) is 196 Å². The van der Waals surface area contributed by atoms with Gasteiger partial charge >= 0.3 is 6.85 Å². The Morgan fingerprint density at radius 3 is 2.06 bits per heavy atom. The molecule has 2 aliphatic rings. The molecule has 10 rings (SSSR count). The molecule has 0 fully saturated rings. The van der Waals surface area contributed by atoms with E-state index in [1.165, 1.54) is 88.4 Å². The lowest BCUT2D eigenvalue weighted by Gasteiger charge is -2.34. The highest BCUT2D eigenvalue weighted by molar-refractivity contribution is 6.88. The molecule has 53 heavy (non-hydrogen) atoms. The second kappa shape index (κ2) is 11.5. The van der Waals surface area contributed by atoms with Crippen molar-refractivity contribution in [2.75, 3.05) is 0 Å². The minimum absolute atomic E-state index is 0.0109. The van der Waals surface area contributed by atoms with Gasteiger partial charge in [-0.3, -0.25) is 0 Å². The van der Waals surface area contributed by atoms with Gasteiger partial charge in [0, 0.05) is 44.5 Å². The SMILES string of the molecule is CC(C)(C)c1ccc2c3ccc(C(C)(C)C)c4c3n(c2c1)-c1ccccc1B4n1c2c(c3ccc(-c4ccccc4)cc31)C=CC(c1ccccc1)C2. The standard InChI is InChI=1S/C50H45BN2/c1-49(2,3)36-23-26-39-40-27-28-41(50(4,5)6)47-48(40)52(44(39)31-36)43-20-14-13-19-42(43)51(47)53-45-29-34(32-15-9-7-10-16-32)21-24-37(45)38-25-22-35(30-46(38)53)33-17-11-8-12-18-33/h7-29,31,35H,30H2,1-6H3. The quantitative estimate of drug-likeness (QED) is 0.164. The van der Waals surface area contributed by atoms with E-state index >= 15 is 0 Å². The Kier molecular flexibility index (Phi) is 6.96. The zero-order valence-corrected chi connectivity index (χ0v) is 31.6. The first-order valence-corrected chi connectivity index (χ1v) is 19.2. The van der Waals surface area contributed by atoms with E-state index in [1.807, 2.05) is 0 Å². The first-order valence-electron chi connectivity index (χ1n) is 19.2. The summed E-state index contributed by atoms with van der Waals surface area (Å²) in [5.41, 5.74) is 17.4. The van der Waals surface area contributed by atoms with Crippen LogP contribution in [0.4, 0.5) is 0 Å². The van der Waals surface area contributed by atoms with Gasteiger partial charge in [0.05, 0.1) is 11.0 Å². The molecule has 3 heteroatoms. The lowest BCUT2D eigenvalue weighted by atomic mass is 9.45. The van der Waals surface area contributed by atoms with Crippen LogP contribution in [0.25, 0.3) is 55.6 Å². The summed E-state index contributed by atoms with van der Waals surface area (Å²) < 4.78 is 5.37. The second-order valence-electron chi connectivity index (χ2n) is 17.4. The summed E-state index contributed by atoms with van der Waals surface area (Å²) in [6.07, 6.45) is 5.80. The molecule has 0 saturated carbocycles. The van der Waals surface area contributed by atoms with Gasteiger partial charge in [0.2, 0.25) is 0 Å². The van der Waals surface area contributed by atoms with Crippen molar-refractivity contribution < 1.29 is 0 Å². The van der Waals surface area contributed by atoms with Gasteiger partial charge in [-0.2, -0.15) is 0 Å². The molecule has 2 nitrogen and oxygen atoms in total. The average molecular weight is 685 g/mol. The molecule has 0 N–H and O–H groups in total. The Balaban J connectivity index is 1.35. The summed E-state index contributed by atoms with van der Waals surface area (Å²) in [4.78, 5) is 0. The van der Waals surface area contributed by atoms with Gasteiger partial charge < -0.3 is 9.05 Å². The zero-order chi connectivity index (χ0) is 36.2. The number of rotatable bonds is 3. The van der Waals surface area contributed by atoms with Gasteiger partial charge in [-0.25, -0.2) is 0 Å². The molecule has 1 unspecified atom stereocenters. The minimum Gasteiger partial charge on any atom is -0.379 e. The summed E-state index contributed by atoms with van der Waals surface area (Å²) in [6.45, 7) is 14.1. The first-order chi connectivity index (χ1) is 25.6. The number of aromatic nitrogens is 2. The Morgan fingerprint density at radius 2 is 1.30 bits per heavy atom. The van der Waals surface area contributed by atoms with E-state index < -0.39 is 0 Å². The molecule has 6 aromatic carbocycles. The average Bonchev–Trinajstić information content (AvgIpc) is 3.67. The fourth-order valence-corrected chi connectivity index (χ4v) is 9.43. The molecule has 3 heterocycles.